The molecule has 0 aliphatic carbocycles. The molecule has 1 amide bonds. The number of nitrogens with one attached hydrogen (secondary N) is 1. The van der Waals surface area contributed by atoms with Gasteiger partial charge in [-0.3, -0.25) is 4.79 Å². The zero-order valence-corrected chi connectivity index (χ0v) is 12.3. The lowest BCUT2D eigenvalue weighted by molar-refractivity contribution is 0.0948. The van der Waals surface area contributed by atoms with Gasteiger partial charge in [0.25, 0.3) is 5.91 Å². The molecule has 0 fully saturated rings. The molecule has 3 aromatic rings. The molecular formula is C15H15N5O2. The number of furan rings is 1. The molecule has 0 unspecified atom stereocenters. The van der Waals surface area contributed by atoms with Gasteiger partial charge in [0.1, 0.15) is 12.0 Å². The van der Waals surface area contributed by atoms with Crippen LogP contribution >= 0.6 is 0 Å². The minimum Gasteiger partial charge on any atom is -0.463 e. The summed E-state index contributed by atoms with van der Waals surface area (Å²) in [7, 11) is 1.83. The molecule has 1 N–H and O–H groups in total. The molecule has 7 nitrogen and oxygen atoms in total. The maximum atomic E-state index is 12.2. The van der Waals surface area contributed by atoms with Crippen molar-refractivity contribution in [2.24, 2.45) is 7.05 Å². The van der Waals surface area contributed by atoms with Gasteiger partial charge in [-0.15, -0.1) is 10.2 Å². The number of hydrogen-bond donors (Lipinski definition) is 1. The first-order chi connectivity index (χ1) is 10.6. The first kappa shape index (κ1) is 14.0. The van der Waals surface area contributed by atoms with Crippen LogP contribution in [0.1, 0.15) is 21.9 Å². The molecule has 0 radical (unpaired) electrons. The third kappa shape index (κ3) is 2.73. The quantitative estimate of drug-likeness (QED) is 0.792. The monoisotopic (exact) mass is 297 g/mol. The van der Waals surface area contributed by atoms with Crippen molar-refractivity contribution >= 4 is 5.91 Å². The molecule has 0 aliphatic heterocycles. The summed E-state index contributed by atoms with van der Waals surface area (Å²) in [5.74, 6) is 1.17. The molecule has 3 heterocycles. The highest BCUT2D eigenvalue weighted by molar-refractivity contribution is 5.95. The summed E-state index contributed by atoms with van der Waals surface area (Å²) < 4.78 is 7.06. The van der Waals surface area contributed by atoms with E-state index in [9.17, 15) is 4.79 Å². The number of nitrogens with zero attached hydrogens (tertiary/aromatic N) is 4. The second-order valence-corrected chi connectivity index (χ2v) is 4.85. The van der Waals surface area contributed by atoms with Crippen molar-refractivity contribution in [1.29, 1.82) is 0 Å². The van der Waals surface area contributed by atoms with E-state index in [0.29, 0.717) is 35.1 Å². The van der Waals surface area contributed by atoms with E-state index in [1.165, 1.54) is 0 Å². The van der Waals surface area contributed by atoms with Crippen LogP contribution in [-0.2, 0) is 13.6 Å². The highest BCUT2D eigenvalue weighted by Gasteiger charge is 2.13. The number of carbonyl (C=O) groups is 1. The Morgan fingerprint density at radius 1 is 1.36 bits per heavy atom. The smallest absolute Gasteiger partial charge is 0.253 e. The van der Waals surface area contributed by atoms with Crippen LogP contribution in [0.4, 0.5) is 0 Å². The fourth-order valence-corrected chi connectivity index (χ4v) is 2.08. The fraction of sp³-hybridized carbons (Fsp3) is 0.200. The van der Waals surface area contributed by atoms with E-state index in [4.69, 9.17) is 4.42 Å². The first-order valence-corrected chi connectivity index (χ1v) is 6.78. The lowest BCUT2D eigenvalue weighted by atomic mass is 10.1. The Hall–Kier alpha value is -2.96. The highest BCUT2D eigenvalue weighted by Crippen LogP contribution is 2.19. The van der Waals surface area contributed by atoms with Crippen LogP contribution in [0.15, 0.2) is 41.3 Å². The van der Waals surface area contributed by atoms with E-state index in [-0.39, 0.29) is 5.91 Å². The van der Waals surface area contributed by atoms with Gasteiger partial charge in [-0.05, 0) is 31.2 Å². The zero-order valence-electron chi connectivity index (χ0n) is 12.3. The molecule has 0 saturated carbocycles. The van der Waals surface area contributed by atoms with Crippen molar-refractivity contribution in [3.63, 3.8) is 0 Å². The van der Waals surface area contributed by atoms with E-state index in [0.717, 1.165) is 0 Å². The van der Waals surface area contributed by atoms with Crippen LogP contribution in [0.25, 0.3) is 11.5 Å². The molecule has 0 aliphatic rings. The van der Waals surface area contributed by atoms with E-state index >= 15 is 0 Å². The van der Waals surface area contributed by atoms with E-state index in [1.807, 2.05) is 13.1 Å². The van der Waals surface area contributed by atoms with E-state index in [1.54, 1.807) is 42.3 Å². The molecule has 0 spiro atoms. The van der Waals surface area contributed by atoms with Gasteiger partial charge in [0.2, 0.25) is 0 Å². The predicted molar refractivity (Wildman–Crippen MR) is 78.8 cm³/mol. The van der Waals surface area contributed by atoms with E-state index in [2.05, 4.69) is 20.5 Å². The molecule has 3 aromatic heterocycles. The Kier molecular flexibility index (Phi) is 3.69. The topological polar surface area (TPSA) is 85.8 Å². The van der Waals surface area contributed by atoms with Gasteiger partial charge in [-0.25, -0.2) is 4.98 Å². The van der Waals surface area contributed by atoms with Crippen LogP contribution < -0.4 is 5.32 Å². The lowest BCUT2D eigenvalue weighted by Crippen LogP contribution is -2.25. The van der Waals surface area contributed by atoms with Gasteiger partial charge in [0.15, 0.2) is 11.6 Å². The van der Waals surface area contributed by atoms with Crippen LogP contribution in [0.2, 0.25) is 0 Å². The summed E-state index contributed by atoms with van der Waals surface area (Å²) in [6.07, 6.45) is 3.18. The van der Waals surface area contributed by atoms with Gasteiger partial charge in [-0.2, -0.15) is 0 Å². The lowest BCUT2D eigenvalue weighted by Gasteiger charge is -2.08. The third-order valence-electron chi connectivity index (χ3n) is 3.32. The van der Waals surface area contributed by atoms with Crippen molar-refractivity contribution < 1.29 is 9.21 Å². The second kappa shape index (κ2) is 5.80. The summed E-state index contributed by atoms with van der Waals surface area (Å²) in [4.78, 5) is 16.6. The summed E-state index contributed by atoms with van der Waals surface area (Å²) in [5, 5.41) is 10.5. The Bertz CT molecular complexity index is 792. The van der Waals surface area contributed by atoms with Gasteiger partial charge < -0.3 is 14.3 Å². The summed E-state index contributed by atoms with van der Waals surface area (Å²) in [5.41, 5.74) is 1.87. The molecular weight excluding hydrogens is 282 g/mol. The molecule has 22 heavy (non-hydrogen) atoms. The normalized spacial score (nSPS) is 10.6. The van der Waals surface area contributed by atoms with Crippen molar-refractivity contribution in [3.8, 4) is 11.5 Å². The molecule has 7 heteroatoms. The van der Waals surface area contributed by atoms with Crippen LogP contribution in [-0.4, -0.2) is 25.7 Å². The number of amides is 1. The largest absolute Gasteiger partial charge is 0.463 e. The van der Waals surface area contributed by atoms with Crippen molar-refractivity contribution in [3.05, 3.63) is 53.9 Å². The van der Waals surface area contributed by atoms with Crippen LogP contribution in [0.3, 0.4) is 0 Å². The van der Waals surface area contributed by atoms with Gasteiger partial charge >= 0.3 is 0 Å². The van der Waals surface area contributed by atoms with Crippen LogP contribution in [0.5, 0.6) is 0 Å². The Balaban J connectivity index is 1.74. The molecule has 112 valence electrons. The van der Waals surface area contributed by atoms with Crippen molar-refractivity contribution in [2.45, 2.75) is 13.5 Å². The maximum absolute atomic E-state index is 12.2. The molecule has 0 saturated heterocycles. The minimum absolute atomic E-state index is 0.195. The number of pyridine rings is 1. The maximum Gasteiger partial charge on any atom is 0.253 e. The van der Waals surface area contributed by atoms with Crippen molar-refractivity contribution in [2.75, 3.05) is 0 Å². The summed E-state index contributed by atoms with van der Waals surface area (Å²) in [6, 6.07) is 7.14. The zero-order chi connectivity index (χ0) is 15.5. The Morgan fingerprint density at radius 3 is 2.86 bits per heavy atom. The van der Waals surface area contributed by atoms with Gasteiger partial charge in [0.05, 0.1) is 24.1 Å². The average Bonchev–Trinajstić information content (AvgIpc) is 3.16. The standard InChI is InChI=1S/C15H15N5O2/c1-10-11(5-6-12(18-10)13-4-3-7-22-13)15(21)16-8-14-19-17-9-20(14)2/h3-7,9H,8H2,1-2H3,(H,16,21). The molecule has 0 atom stereocenters. The Morgan fingerprint density at radius 2 is 2.23 bits per heavy atom. The minimum atomic E-state index is -0.195. The SMILES string of the molecule is Cc1nc(-c2ccco2)ccc1C(=O)NCc1nncn1C. The van der Waals surface area contributed by atoms with Crippen LogP contribution in [0, 0.1) is 6.92 Å². The fourth-order valence-electron chi connectivity index (χ4n) is 2.08. The van der Waals surface area contributed by atoms with Crippen molar-refractivity contribution in [1.82, 2.24) is 25.1 Å². The number of rotatable bonds is 4. The Labute approximate surface area is 127 Å². The molecule has 0 aromatic carbocycles. The highest BCUT2D eigenvalue weighted by atomic mass is 16.3. The number of hydrogen-bond acceptors (Lipinski definition) is 5. The van der Waals surface area contributed by atoms with Gasteiger partial charge in [-0.1, -0.05) is 0 Å². The first-order valence-electron chi connectivity index (χ1n) is 6.78. The third-order valence-corrected chi connectivity index (χ3v) is 3.32. The number of carbonyl (C=O) groups excluding carboxylic acids is 1. The second-order valence-electron chi connectivity index (χ2n) is 4.85. The molecule has 0 bridgehead atoms. The predicted octanol–water partition coefficient (Wildman–Crippen LogP) is 1.71. The average molecular weight is 297 g/mol. The molecule has 3 rings (SSSR count). The number of aryl methyl sites for hydroxylation is 2. The van der Waals surface area contributed by atoms with Gasteiger partial charge in [0, 0.05) is 7.05 Å². The number of aromatic nitrogens is 4. The summed E-state index contributed by atoms with van der Waals surface area (Å²) in [6.45, 7) is 2.11. The van der Waals surface area contributed by atoms with E-state index < -0.39 is 0 Å². The summed E-state index contributed by atoms with van der Waals surface area (Å²) >= 11 is 0.